The van der Waals surface area contributed by atoms with E-state index in [1.54, 1.807) is 34.8 Å². The predicted molar refractivity (Wildman–Crippen MR) is 80.6 cm³/mol. The first-order valence-electron chi connectivity index (χ1n) is 7.07. The van der Waals surface area contributed by atoms with Crippen molar-refractivity contribution in [3.63, 3.8) is 0 Å². The molecule has 0 aliphatic carbocycles. The molecule has 0 N–H and O–H groups in total. The molecule has 0 radical (unpaired) electrons. The van der Waals surface area contributed by atoms with Crippen LogP contribution in [-0.4, -0.2) is 33.7 Å². The van der Waals surface area contributed by atoms with Gasteiger partial charge in [0.25, 0.3) is 5.91 Å². The molecule has 4 nitrogen and oxygen atoms in total. The molecule has 1 aromatic carbocycles. The minimum Gasteiger partial charge on any atom is -0.338 e. The number of aromatic nitrogens is 2. The second-order valence-electron chi connectivity index (χ2n) is 5.00. The third-order valence-electron chi connectivity index (χ3n) is 3.55. The van der Waals surface area contributed by atoms with E-state index < -0.39 is 0 Å². The number of nitrogens with zero attached hydrogens (tertiary/aromatic N) is 3. The van der Waals surface area contributed by atoms with Crippen LogP contribution in [0.15, 0.2) is 24.3 Å². The number of carbonyl (C=O) groups excluding carboxylic acids is 1. The average molecular weight is 289 g/mol. The maximum Gasteiger partial charge on any atom is 0.274 e. The van der Waals surface area contributed by atoms with Gasteiger partial charge in [-0.15, -0.1) is 0 Å². The quantitative estimate of drug-likeness (QED) is 0.867. The first-order chi connectivity index (χ1) is 9.97. The lowest BCUT2D eigenvalue weighted by Crippen LogP contribution is -2.30. The first kappa shape index (κ1) is 15.2. The van der Waals surface area contributed by atoms with Gasteiger partial charge in [-0.05, 0) is 39.0 Å². The second kappa shape index (κ2) is 6.08. The highest BCUT2D eigenvalue weighted by molar-refractivity contribution is 5.93. The van der Waals surface area contributed by atoms with Gasteiger partial charge in [-0.1, -0.05) is 11.6 Å². The number of benzene rings is 1. The van der Waals surface area contributed by atoms with Crippen molar-refractivity contribution in [3.05, 3.63) is 41.3 Å². The molecule has 1 aromatic heterocycles. The molecule has 0 saturated carbocycles. The number of rotatable bonds is 4. The maximum atomic E-state index is 14.0. The van der Waals surface area contributed by atoms with Gasteiger partial charge in [-0.3, -0.25) is 9.48 Å². The van der Waals surface area contributed by atoms with Crippen LogP contribution in [0.4, 0.5) is 4.39 Å². The minimum absolute atomic E-state index is 0.130. The topological polar surface area (TPSA) is 38.1 Å². The van der Waals surface area contributed by atoms with Crippen LogP contribution in [-0.2, 0) is 7.05 Å². The summed E-state index contributed by atoms with van der Waals surface area (Å²) in [6.07, 6.45) is 0. The Kier molecular flexibility index (Phi) is 4.40. The van der Waals surface area contributed by atoms with E-state index in [0.29, 0.717) is 30.0 Å². The fourth-order valence-corrected chi connectivity index (χ4v) is 2.33. The van der Waals surface area contributed by atoms with E-state index in [1.165, 1.54) is 6.07 Å². The van der Waals surface area contributed by atoms with Crippen molar-refractivity contribution in [2.75, 3.05) is 13.1 Å². The fourth-order valence-electron chi connectivity index (χ4n) is 2.33. The van der Waals surface area contributed by atoms with Gasteiger partial charge in [0.1, 0.15) is 5.82 Å². The summed E-state index contributed by atoms with van der Waals surface area (Å²) in [6.45, 7) is 7.00. The number of hydrogen-bond donors (Lipinski definition) is 0. The summed E-state index contributed by atoms with van der Waals surface area (Å²) in [5.41, 5.74) is 2.37. The lowest BCUT2D eigenvalue weighted by atomic mass is 10.1. The molecule has 5 heteroatoms. The summed E-state index contributed by atoms with van der Waals surface area (Å²) >= 11 is 0. The molecule has 112 valence electrons. The van der Waals surface area contributed by atoms with Crippen molar-refractivity contribution >= 4 is 5.91 Å². The molecule has 1 amide bonds. The van der Waals surface area contributed by atoms with Gasteiger partial charge in [0.15, 0.2) is 5.69 Å². The Labute approximate surface area is 124 Å². The normalized spacial score (nSPS) is 10.7. The van der Waals surface area contributed by atoms with E-state index in [9.17, 15) is 9.18 Å². The molecule has 2 aromatic rings. The van der Waals surface area contributed by atoms with Crippen LogP contribution in [0, 0.1) is 12.7 Å². The van der Waals surface area contributed by atoms with E-state index in [0.717, 1.165) is 5.56 Å². The molecular formula is C16H20FN3O. The van der Waals surface area contributed by atoms with Crippen molar-refractivity contribution in [1.29, 1.82) is 0 Å². The van der Waals surface area contributed by atoms with Crippen LogP contribution < -0.4 is 0 Å². The molecule has 1 heterocycles. The summed E-state index contributed by atoms with van der Waals surface area (Å²) in [4.78, 5) is 14.0. The van der Waals surface area contributed by atoms with Gasteiger partial charge in [-0.25, -0.2) is 4.39 Å². The zero-order valence-electron chi connectivity index (χ0n) is 12.9. The lowest BCUT2D eigenvalue weighted by molar-refractivity contribution is 0.0766. The van der Waals surface area contributed by atoms with Crippen LogP contribution in [0.3, 0.4) is 0 Å². The number of halogens is 1. The summed E-state index contributed by atoms with van der Waals surface area (Å²) in [6, 6.07) is 6.57. The molecule has 0 aliphatic heterocycles. The lowest BCUT2D eigenvalue weighted by Gasteiger charge is -2.16. The Hall–Kier alpha value is -2.17. The second-order valence-corrected chi connectivity index (χ2v) is 5.00. The first-order valence-corrected chi connectivity index (χ1v) is 7.07. The Morgan fingerprint density at radius 1 is 1.29 bits per heavy atom. The predicted octanol–water partition coefficient (Wildman–Crippen LogP) is 3.02. The SMILES string of the molecule is CCN(CC)C(=O)c1cc(-c2cc(C)ccc2F)n(C)n1. The molecule has 0 atom stereocenters. The zero-order chi connectivity index (χ0) is 15.6. The van der Waals surface area contributed by atoms with Crippen LogP contribution in [0.1, 0.15) is 29.9 Å². The Morgan fingerprint density at radius 2 is 1.95 bits per heavy atom. The maximum absolute atomic E-state index is 14.0. The number of carbonyl (C=O) groups is 1. The summed E-state index contributed by atoms with van der Waals surface area (Å²) in [5.74, 6) is -0.444. The van der Waals surface area contributed by atoms with Gasteiger partial charge in [0, 0.05) is 25.7 Å². The fraction of sp³-hybridized carbons (Fsp3) is 0.375. The third-order valence-corrected chi connectivity index (χ3v) is 3.55. The molecule has 0 spiro atoms. The molecule has 0 fully saturated rings. The van der Waals surface area contributed by atoms with Crippen molar-refractivity contribution in [3.8, 4) is 11.3 Å². The highest BCUT2D eigenvalue weighted by atomic mass is 19.1. The summed E-state index contributed by atoms with van der Waals surface area (Å²) in [7, 11) is 1.72. The minimum atomic E-state index is -0.314. The molecule has 0 unspecified atom stereocenters. The van der Waals surface area contributed by atoms with Crippen LogP contribution in [0.25, 0.3) is 11.3 Å². The van der Waals surface area contributed by atoms with Crippen LogP contribution in [0.5, 0.6) is 0 Å². The van der Waals surface area contributed by atoms with Crippen LogP contribution in [0.2, 0.25) is 0 Å². The molecular weight excluding hydrogens is 269 g/mol. The van der Waals surface area contributed by atoms with Crippen molar-refractivity contribution in [1.82, 2.24) is 14.7 Å². The van der Waals surface area contributed by atoms with Gasteiger partial charge in [0.2, 0.25) is 0 Å². The average Bonchev–Trinajstić information content (AvgIpc) is 2.84. The number of hydrogen-bond acceptors (Lipinski definition) is 2. The van der Waals surface area contributed by atoms with Gasteiger partial charge >= 0.3 is 0 Å². The standard InChI is InChI=1S/C16H20FN3O/c1-5-20(6-2)16(21)14-10-15(19(4)18-14)12-9-11(3)7-8-13(12)17/h7-10H,5-6H2,1-4H3. The molecule has 0 saturated heterocycles. The monoisotopic (exact) mass is 289 g/mol. The number of amides is 1. The van der Waals surface area contributed by atoms with Gasteiger partial charge in [0.05, 0.1) is 5.69 Å². The third kappa shape index (κ3) is 2.96. The summed E-state index contributed by atoms with van der Waals surface area (Å²) in [5, 5.41) is 4.23. The molecule has 21 heavy (non-hydrogen) atoms. The van der Waals surface area contributed by atoms with Crippen LogP contribution >= 0.6 is 0 Å². The van der Waals surface area contributed by atoms with E-state index in [-0.39, 0.29) is 11.7 Å². The van der Waals surface area contributed by atoms with Gasteiger partial charge in [-0.2, -0.15) is 5.10 Å². The molecule has 0 bridgehead atoms. The van der Waals surface area contributed by atoms with Crippen molar-refractivity contribution in [2.24, 2.45) is 7.05 Å². The highest BCUT2D eigenvalue weighted by Crippen LogP contribution is 2.24. The zero-order valence-corrected chi connectivity index (χ0v) is 12.9. The van der Waals surface area contributed by atoms with Crippen molar-refractivity contribution < 1.29 is 9.18 Å². The van der Waals surface area contributed by atoms with E-state index >= 15 is 0 Å². The van der Waals surface area contributed by atoms with E-state index in [2.05, 4.69) is 5.10 Å². The largest absolute Gasteiger partial charge is 0.338 e. The van der Waals surface area contributed by atoms with Gasteiger partial charge < -0.3 is 4.90 Å². The molecule has 2 rings (SSSR count). The summed E-state index contributed by atoms with van der Waals surface area (Å²) < 4.78 is 15.6. The Morgan fingerprint density at radius 3 is 2.57 bits per heavy atom. The smallest absolute Gasteiger partial charge is 0.274 e. The van der Waals surface area contributed by atoms with Crippen molar-refractivity contribution in [2.45, 2.75) is 20.8 Å². The Balaban J connectivity index is 2.44. The Bertz CT molecular complexity index is 660. The highest BCUT2D eigenvalue weighted by Gasteiger charge is 2.19. The van der Waals surface area contributed by atoms with E-state index in [1.807, 2.05) is 20.8 Å². The molecule has 0 aliphatic rings. The van der Waals surface area contributed by atoms with E-state index in [4.69, 9.17) is 0 Å². The number of aryl methyl sites for hydroxylation is 2.